The van der Waals surface area contributed by atoms with Crippen LogP contribution in [0.15, 0.2) is 24.3 Å². The van der Waals surface area contributed by atoms with Crippen LogP contribution in [-0.2, 0) is 16.1 Å². The van der Waals surface area contributed by atoms with Gasteiger partial charge in [0.15, 0.2) is 0 Å². The van der Waals surface area contributed by atoms with Gasteiger partial charge in [0.25, 0.3) is 0 Å². The van der Waals surface area contributed by atoms with E-state index in [1.165, 1.54) is 11.1 Å². The standard InChI is InChI=1S/C16H25NO2/c1-4-5-9-16(18)19-14(3)11-17-12-15-8-6-7-13(2)10-15/h6-8,10,14,17H,4-5,9,11-12H2,1-3H3. The van der Waals surface area contributed by atoms with Gasteiger partial charge in [0, 0.05) is 19.5 Å². The highest BCUT2D eigenvalue weighted by molar-refractivity contribution is 5.69. The smallest absolute Gasteiger partial charge is 0.306 e. The lowest BCUT2D eigenvalue weighted by Gasteiger charge is -2.14. The topological polar surface area (TPSA) is 38.3 Å². The summed E-state index contributed by atoms with van der Waals surface area (Å²) in [5.41, 5.74) is 2.52. The number of benzene rings is 1. The van der Waals surface area contributed by atoms with Crippen LogP contribution in [0.3, 0.4) is 0 Å². The highest BCUT2D eigenvalue weighted by atomic mass is 16.5. The Hall–Kier alpha value is -1.35. The van der Waals surface area contributed by atoms with Crippen molar-refractivity contribution in [1.29, 1.82) is 0 Å². The molecule has 1 aromatic carbocycles. The second-order valence-electron chi connectivity index (χ2n) is 5.02. The Morgan fingerprint density at radius 3 is 2.89 bits per heavy atom. The summed E-state index contributed by atoms with van der Waals surface area (Å²) in [7, 11) is 0. The Morgan fingerprint density at radius 1 is 1.42 bits per heavy atom. The van der Waals surface area contributed by atoms with E-state index in [1.807, 2.05) is 6.92 Å². The highest BCUT2D eigenvalue weighted by Crippen LogP contribution is 2.04. The Bertz CT molecular complexity index is 390. The molecule has 1 N–H and O–H groups in total. The van der Waals surface area contributed by atoms with E-state index in [0.29, 0.717) is 13.0 Å². The summed E-state index contributed by atoms with van der Waals surface area (Å²) in [6.45, 7) is 7.57. The van der Waals surface area contributed by atoms with E-state index in [0.717, 1.165) is 19.4 Å². The van der Waals surface area contributed by atoms with Gasteiger partial charge in [0.05, 0.1) is 0 Å². The van der Waals surface area contributed by atoms with Crippen molar-refractivity contribution in [2.24, 2.45) is 0 Å². The largest absolute Gasteiger partial charge is 0.461 e. The highest BCUT2D eigenvalue weighted by Gasteiger charge is 2.08. The number of hydrogen-bond acceptors (Lipinski definition) is 3. The van der Waals surface area contributed by atoms with Crippen molar-refractivity contribution in [2.45, 2.75) is 52.7 Å². The van der Waals surface area contributed by atoms with E-state index in [1.54, 1.807) is 0 Å². The molecule has 0 spiro atoms. The van der Waals surface area contributed by atoms with Crippen LogP contribution in [0.25, 0.3) is 0 Å². The van der Waals surface area contributed by atoms with Gasteiger partial charge in [-0.3, -0.25) is 4.79 Å². The van der Waals surface area contributed by atoms with E-state index >= 15 is 0 Å². The lowest BCUT2D eigenvalue weighted by atomic mass is 10.1. The van der Waals surface area contributed by atoms with Gasteiger partial charge in [-0.2, -0.15) is 0 Å². The third-order valence-corrected chi connectivity index (χ3v) is 2.91. The van der Waals surface area contributed by atoms with Crippen LogP contribution in [0.5, 0.6) is 0 Å². The van der Waals surface area contributed by atoms with E-state index in [-0.39, 0.29) is 12.1 Å². The first-order valence-corrected chi connectivity index (χ1v) is 7.07. The van der Waals surface area contributed by atoms with Gasteiger partial charge in [0.2, 0.25) is 0 Å². The van der Waals surface area contributed by atoms with Crippen molar-refractivity contribution in [3.05, 3.63) is 35.4 Å². The lowest BCUT2D eigenvalue weighted by molar-refractivity contribution is -0.148. The maximum atomic E-state index is 11.4. The number of rotatable bonds is 8. The number of esters is 1. The molecule has 3 nitrogen and oxygen atoms in total. The van der Waals surface area contributed by atoms with E-state index in [4.69, 9.17) is 4.74 Å². The van der Waals surface area contributed by atoms with E-state index < -0.39 is 0 Å². The number of ether oxygens (including phenoxy) is 1. The Labute approximate surface area is 116 Å². The van der Waals surface area contributed by atoms with E-state index in [9.17, 15) is 4.79 Å². The molecule has 0 amide bonds. The fourth-order valence-electron chi connectivity index (χ4n) is 1.89. The van der Waals surface area contributed by atoms with Crippen LogP contribution in [-0.4, -0.2) is 18.6 Å². The van der Waals surface area contributed by atoms with Crippen molar-refractivity contribution in [2.75, 3.05) is 6.54 Å². The minimum atomic E-state index is -0.0910. The van der Waals surface area contributed by atoms with Crippen LogP contribution < -0.4 is 5.32 Å². The van der Waals surface area contributed by atoms with Gasteiger partial charge in [-0.25, -0.2) is 0 Å². The molecular weight excluding hydrogens is 238 g/mol. The zero-order valence-electron chi connectivity index (χ0n) is 12.2. The van der Waals surface area contributed by atoms with Crippen LogP contribution in [0.4, 0.5) is 0 Å². The molecule has 0 saturated carbocycles. The SMILES string of the molecule is CCCCC(=O)OC(C)CNCc1cccc(C)c1. The van der Waals surface area contributed by atoms with Crippen LogP contribution in [0.2, 0.25) is 0 Å². The number of carbonyl (C=O) groups excluding carboxylic acids is 1. The Morgan fingerprint density at radius 2 is 2.21 bits per heavy atom. The summed E-state index contributed by atoms with van der Waals surface area (Å²) < 4.78 is 5.31. The molecule has 0 heterocycles. The molecule has 0 aromatic heterocycles. The second-order valence-corrected chi connectivity index (χ2v) is 5.02. The number of aryl methyl sites for hydroxylation is 1. The van der Waals surface area contributed by atoms with Crippen molar-refractivity contribution < 1.29 is 9.53 Å². The normalized spacial score (nSPS) is 12.2. The quantitative estimate of drug-likeness (QED) is 0.732. The molecule has 106 valence electrons. The van der Waals surface area contributed by atoms with Crippen molar-refractivity contribution in [3.8, 4) is 0 Å². The van der Waals surface area contributed by atoms with Crippen molar-refractivity contribution in [1.82, 2.24) is 5.32 Å². The first kappa shape index (κ1) is 15.7. The molecule has 0 aliphatic heterocycles. The molecular formula is C16H25NO2. The summed E-state index contributed by atoms with van der Waals surface area (Å²) in [5, 5.41) is 3.31. The average Bonchev–Trinajstić information content (AvgIpc) is 2.36. The summed E-state index contributed by atoms with van der Waals surface area (Å²) >= 11 is 0. The van der Waals surface area contributed by atoms with Crippen molar-refractivity contribution in [3.63, 3.8) is 0 Å². The molecule has 0 aliphatic carbocycles. The zero-order chi connectivity index (χ0) is 14.1. The number of hydrogen-bond donors (Lipinski definition) is 1. The Balaban J connectivity index is 2.20. The predicted octanol–water partition coefficient (Wildman–Crippen LogP) is 3.21. The number of unbranched alkanes of at least 4 members (excludes halogenated alkanes) is 1. The second kappa shape index (κ2) is 8.70. The molecule has 0 radical (unpaired) electrons. The molecule has 1 unspecified atom stereocenters. The zero-order valence-corrected chi connectivity index (χ0v) is 12.2. The molecule has 1 atom stereocenters. The minimum Gasteiger partial charge on any atom is -0.461 e. The third-order valence-electron chi connectivity index (χ3n) is 2.91. The monoisotopic (exact) mass is 263 g/mol. The first-order valence-electron chi connectivity index (χ1n) is 7.07. The fraction of sp³-hybridized carbons (Fsp3) is 0.562. The summed E-state index contributed by atoms with van der Waals surface area (Å²) in [6, 6.07) is 8.39. The van der Waals surface area contributed by atoms with E-state index in [2.05, 4.69) is 43.4 Å². The summed E-state index contributed by atoms with van der Waals surface area (Å²) in [4.78, 5) is 11.4. The molecule has 1 aromatic rings. The number of carbonyl (C=O) groups is 1. The maximum Gasteiger partial charge on any atom is 0.306 e. The molecule has 0 saturated heterocycles. The van der Waals surface area contributed by atoms with Gasteiger partial charge in [-0.1, -0.05) is 43.2 Å². The van der Waals surface area contributed by atoms with Gasteiger partial charge in [-0.05, 0) is 25.8 Å². The van der Waals surface area contributed by atoms with Crippen LogP contribution in [0, 0.1) is 6.92 Å². The molecule has 0 fully saturated rings. The van der Waals surface area contributed by atoms with Gasteiger partial charge < -0.3 is 10.1 Å². The third kappa shape index (κ3) is 6.97. The molecule has 1 rings (SSSR count). The van der Waals surface area contributed by atoms with Crippen LogP contribution >= 0.6 is 0 Å². The summed E-state index contributed by atoms with van der Waals surface area (Å²) in [5.74, 6) is -0.0910. The molecule has 0 aliphatic rings. The minimum absolute atomic E-state index is 0.0748. The lowest BCUT2D eigenvalue weighted by Crippen LogP contribution is -2.28. The first-order chi connectivity index (χ1) is 9.11. The molecule has 0 bridgehead atoms. The van der Waals surface area contributed by atoms with Crippen molar-refractivity contribution >= 4 is 5.97 Å². The van der Waals surface area contributed by atoms with Gasteiger partial charge in [0.1, 0.15) is 6.10 Å². The van der Waals surface area contributed by atoms with Crippen LogP contribution in [0.1, 0.15) is 44.2 Å². The fourth-order valence-corrected chi connectivity index (χ4v) is 1.89. The summed E-state index contributed by atoms with van der Waals surface area (Å²) in [6.07, 6.45) is 2.38. The molecule has 19 heavy (non-hydrogen) atoms. The predicted molar refractivity (Wildman–Crippen MR) is 78.0 cm³/mol. The average molecular weight is 263 g/mol. The molecule has 3 heteroatoms. The number of nitrogens with one attached hydrogen (secondary N) is 1. The Kier molecular flexibility index (Phi) is 7.19. The van der Waals surface area contributed by atoms with Gasteiger partial charge in [-0.15, -0.1) is 0 Å². The maximum absolute atomic E-state index is 11.4. The van der Waals surface area contributed by atoms with Gasteiger partial charge >= 0.3 is 5.97 Å².